The standard InChI is InChI=1S/C11H18N2O4/c12-5-7-1-2-8(17-7)9(14)13-6-11(3-4-11)10(15)16/h7-8H,1-6,12H2,(H,13,14)(H,15,16). The number of hydrogen-bond donors (Lipinski definition) is 3. The van der Waals surface area contributed by atoms with Crippen molar-refractivity contribution >= 4 is 11.9 Å². The van der Waals surface area contributed by atoms with E-state index >= 15 is 0 Å². The Morgan fingerprint density at radius 2 is 2.12 bits per heavy atom. The van der Waals surface area contributed by atoms with Gasteiger partial charge in [-0.25, -0.2) is 0 Å². The maximum atomic E-state index is 11.7. The molecule has 6 nitrogen and oxygen atoms in total. The van der Waals surface area contributed by atoms with Crippen LogP contribution in [0.1, 0.15) is 25.7 Å². The molecule has 0 aromatic carbocycles. The van der Waals surface area contributed by atoms with E-state index in [1.165, 1.54) is 0 Å². The molecular weight excluding hydrogens is 224 g/mol. The van der Waals surface area contributed by atoms with Crippen molar-refractivity contribution in [2.24, 2.45) is 11.1 Å². The second-order valence-corrected chi connectivity index (χ2v) is 4.86. The van der Waals surface area contributed by atoms with Gasteiger partial charge in [0.25, 0.3) is 0 Å². The first-order chi connectivity index (χ1) is 8.07. The molecule has 0 spiro atoms. The molecule has 2 atom stereocenters. The van der Waals surface area contributed by atoms with Crippen molar-refractivity contribution in [3.63, 3.8) is 0 Å². The van der Waals surface area contributed by atoms with Gasteiger partial charge in [0, 0.05) is 13.1 Å². The lowest BCUT2D eigenvalue weighted by atomic mass is 10.1. The molecule has 1 saturated heterocycles. The van der Waals surface area contributed by atoms with E-state index in [1.54, 1.807) is 0 Å². The molecule has 17 heavy (non-hydrogen) atoms. The third kappa shape index (κ3) is 2.58. The summed E-state index contributed by atoms with van der Waals surface area (Å²) in [6.45, 7) is 0.622. The Balaban J connectivity index is 1.77. The van der Waals surface area contributed by atoms with E-state index in [0.29, 0.717) is 25.8 Å². The molecule has 2 rings (SSSR count). The summed E-state index contributed by atoms with van der Waals surface area (Å²) in [5.74, 6) is -1.04. The number of carboxylic acids is 1. The minimum atomic E-state index is -0.829. The fraction of sp³-hybridized carbons (Fsp3) is 0.818. The highest BCUT2D eigenvalue weighted by Crippen LogP contribution is 2.45. The Bertz CT molecular complexity index is 327. The number of carboxylic acid groups (broad SMARTS) is 1. The highest BCUT2D eigenvalue weighted by atomic mass is 16.5. The smallest absolute Gasteiger partial charge is 0.311 e. The fourth-order valence-corrected chi connectivity index (χ4v) is 2.06. The molecule has 2 fully saturated rings. The molecule has 1 amide bonds. The molecular formula is C11H18N2O4. The highest BCUT2D eigenvalue weighted by molar-refractivity contribution is 5.83. The lowest BCUT2D eigenvalue weighted by Crippen LogP contribution is -2.40. The third-order valence-electron chi connectivity index (χ3n) is 3.57. The number of nitrogens with one attached hydrogen (secondary N) is 1. The van der Waals surface area contributed by atoms with Gasteiger partial charge >= 0.3 is 5.97 Å². The number of ether oxygens (including phenoxy) is 1. The summed E-state index contributed by atoms with van der Waals surface area (Å²) in [6, 6.07) is 0. The number of carbonyl (C=O) groups is 2. The first-order valence-corrected chi connectivity index (χ1v) is 5.94. The first-order valence-electron chi connectivity index (χ1n) is 5.94. The normalized spacial score (nSPS) is 29.9. The molecule has 1 saturated carbocycles. The maximum absolute atomic E-state index is 11.7. The van der Waals surface area contributed by atoms with Crippen molar-refractivity contribution in [2.45, 2.75) is 37.9 Å². The van der Waals surface area contributed by atoms with E-state index in [2.05, 4.69) is 5.32 Å². The molecule has 1 aliphatic carbocycles. The van der Waals surface area contributed by atoms with Crippen LogP contribution >= 0.6 is 0 Å². The van der Waals surface area contributed by atoms with Crippen molar-refractivity contribution in [2.75, 3.05) is 13.1 Å². The lowest BCUT2D eigenvalue weighted by molar-refractivity contribution is -0.143. The van der Waals surface area contributed by atoms with Crippen LogP contribution in [0, 0.1) is 5.41 Å². The predicted molar refractivity (Wildman–Crippen MR) is 59.3 cm³/mol. The quantitative estimate of drug-likeness (QED) is 0.601. The van der Waals surface area contributed by atoms with Gasteiger partial charge in [0.1, 0.15) is 6.10 Å². The Hall–Kier alpha value is -1.14. The second kappa shape index (κ2) is 4.62. The van der Waals surface area contributed by atoms with E-state index in [9.17, 15) is 9.59 Å². The Morgan fingerprint density at radius 1 is 1.41 bits per heavy atom. The summed E-state index contributed by atoms with van der Waals surface area (Å²) in [7, 11) is 0. The Morgan fingerprint density at radius 3 is 2.59 bits per heavy atom. The largest absolute Gasteiger partial charge is 0.481 e. The summed E-state index contributed by atoms with van der Waals surface area (Å²) in [5.41, 5.74) is 4.73. The van der Waals surface area contributed by atoms with Crippen LogP contribution in [0.2, 0.25) is 0 Å². The zero-order chi connectivity index (χ0) is 12.5. The predicted octanol–water partition coefficient (Wildman–Crippen LogP) is -0.526. The summed E-state index contributed by atoms with van der Waals surface area (Å²) in [5, 5.41) is 11.6. The maximum Gasteiger partial charge on any atom is 0.311 e. The van der Waals surface area contributed by atoms with Crippen LogP contribution < -0.4 is 11.1 Å². The topological polar surface area (TPSA) is 102 Å². The van der Waals surface area contributed by atoms with Gasteiger partial charge in [0.15, 0.2) is 0 Å². The lowest BCUT2D eigenvalue weighted by Gasteiger charge is -2.15. The van der Waals surface area contributed by atoms with Crippen LogP contribution in [0.5, 0.6) is 0 Å². The monoisotopic (exact) mass is 242 g/mol. The Kier molecular flexibility index (Phi) is 3.35. The van der Waals surface area contributed by atoms with Crippen LogP contribution in [-0.2, 0) is 14.3 Å². The molecule has 0 radical (unpaired) electrons. The summed E-state index contributed by atoms with van der Waals surface area (Å²) >= 11 is 0. The summed E-state index contributed by atoms with van der Waals surface area (Å²) in [4.78, 5) is 22.7. The SMILES string of the molecule is NCC1CCC(C(=O)NCC2(C(=O)O)CC2)O1. The van der Waals surface area contributed by atoms with E-state index in [-0.39, 0.29) is 18.6 Å². The van der Waals surface area contributed by atoms with Crippen LogP contribution in [0.3, 0.4) is 0 Å². The Labute approximate surface area is 99.5 Å². The molecule has 96 valence electrons. The van der Waals surface area contributed by atoms with Crippen molar-refractivity contribution in [1.82, 2.24) is 5.32 Å². The van der Waals surface area contributed by atoms with Gasteiger partial charge in [-0.05, 0) is 25.7 Å². The number of aliphatic carboxylic acids is 1. The highest BCUT2D eigenvalue weighted by Gasteiger charge is 2.50. The number of amides is 1. The van der Waals surface area contributed by atoms with Crippen LogP contribution in [0.4, 0.5) is 0 Å². The molecule has 0 bridgehead atoms. The minimum Gasteiger partial charge on any atom is -0.481 e. The van der Waals surface area contributed by atoms with Crippen molar-refractivity contribution in [3.05, 3.63) is 0 Å². The van der Waals surface area contributed by atoms with Crippen molar-refractivity contribution in [1.29, 1.82) is 0 Å². The average molecular weight is 242 g/mol. The number of hydrogen-bond acceptors (Lipinski definition) is 4. The molecule has 1 heterocycles. The molecule has 4 N–H and O–H groups in total. The fourth-order valence-electron chi connectivity index (χ4n) is 2.06. The molecule has 0 aromatic rings. The van der Waals surface area contributed by atoms with E-state index in [0.717, 1.165) is 6.42 Å². The zero-order valence-electron chi connectivity index (χ0n) is 9.65. The van der Waals surface area contributed by atoms with Crippen LogP contribution in [0.25, 0.3) is 0 Å². The van der Waals surface area contributed by atoms with Crippen molar-refractivity contribution in [3.8, 4) is 0 Å². The van der Waals surface area contributed by atoms with E-state index in [1.807, 2.05) is 0 Å². The molecule has 6 heteroatoms. The van der Waals surface area contributed by atoms with E-state index in [4.69, 9.17) is 15.6 Å². The molecule has 2 unspecified atom stereocenters. The minimum absolute atomic E-state index is 0.0416. The number of nitrogens with two attached hydrogens (primary N) is 1. The molecule has 0 aromatic heterocycles. The molecule has 2 aliphatic rings. The van der Waals surface area contributed by atoms with Gasteiger partial charge in [-0.3, -0.25) is 9.59 Å². The first kappa shape index (κ1) is 12.3. The van der Waals surface area contributed by atoms with Crippen LogP contribution in [0.15, 0.2) is 0 Å². The van der Waals surface area contributed by atoms with Gasteiger partial charge < -0.3 is 20.9 Å². The summed E-state index contributed by atoms with van der Waals surface area (Å²) in [6.07, 6.45) is 2.22. The van der Waals surface area contributed by atoms with E-state index < -0.39 is 17.5 Å². The van der Waals surface area contributed by atoms with Crippen molar-refractivity contribution < 1.29 is 19.4 Å². The summed E-state index contributed by atoms with van der Waals surface area (Å²) < 4.78 is 5.43. The average Bonchev–Trinajstić information content (AvgIpc) is 2.96. The van der Waals surface area contributed by atoms with Gasteiger partial charge in [-0.1, -0.05) is 0 Å². The second-order valence-electron chi connectivity index (χ2n) is 4.86. The van der Waals surface area contributed by atoms with Crippen LogP contribution in [-0.4, -0.2) is 42.3 Å². The molecule has 1 aliphatic heterocycles. The number of carbonyl (C=O) groups excluding carboxylic acids is 1. The van der Waals surface area contributed by atoms with Gasteiger partial charge in [0.05, 0.1) is 11.5 Å². The third-order valence-corrected chi connectivity index (χ3v) is 3.57. The number of rotatable bonds is 5. The van der Waals surface area contributed by atoms with Gasteiger partial charge in [0.2, 0.25) is 5.91 Å². The van der Waals surface area contributed by atoms with Gasteiger partial charge in [-0.2, -0.15) is 0 Å². The zero-order valence-corrected chi connectivity index (χ0v) is 9.65. The van der Waals surface area contributed by atoms with Gasteiger partial charge in [-0.15, -0.1) is 0 Å².